The van der Waals surface area contributed by atoms with Crippen LogP contribution in [0.5, 0.6) is 5.75 Å². The van der Waals surface area contributed by atoms with Crippen molar-refractivity contribution in [2.24, 2.45) is 0 Å². The third-order valence-corrected chi connectivity index (χ3v) is 5.94. The monoisotopic (exact) mass is 468 g/mol. The fraction of sp³-hybridized carbons (Fsp3) is 0.364. The van der Waals surface area contributed by atoms with Gasteiger partial charge in [0.1, 0.15) is 0 Å². The molecule has 1 aromatic carbocycles. The molecule has 174 valence electrons. The van der Waals surface area contributed by atoms with Crippen molar-refractivity contribution in [3.8, 4) is 5.75 Å². The zero-order valence-electron chi connectivity index (χ0n) is 18.9. The van der Waals surface area contributed by atoms with Crippen molar-refractivity contribution in [3.05, 3.63) is 36.0 Å². The van der Waals surface area contributed by atoms with E-state index in [1.165, 1.54) is 18.7 Å². The molecule has 0 unspecified atom stereocenters. The van der Waals surface area contributed by atoms with Gasteiger partial charge in [0.05, 0.1) is 7.11 Å². The van der Waals surface area contributed by atoms with E-state index in [9.17, 15) is 4.79 Å². The van der Waals surface area contributed by atoms with Crippen LogP contribution >= 0.6 is 11.8 Å². The summed E-state index contributed by atoms with van der Waals surface area (Å²) in [5, 5.41) is 20.7. The molecule has 0 atom stereocenters. The van der Waals surface area contributed by atoms with Crippen molar-refractivity contribution in [1.82, 2.24) is 25.5 Å². The lowest BCUT2D eigenvalue weighted by Gasteiger charge is -2.25. The number of methoxy groups -OCH3 is 1. The number of carbonyl (C=O) groups excluding carboxylic acids is 1. The van der Waals surface area contributed by atoms with Gasteiger partial charge in [-0.1, -0.05) is 0 Å². The number of hydrogen-bond acceptors (Lipinski definition) is 9. The van der Waals surface area contributed by atoms with Crippen LogP contribution in [0.15, 0.2) is 40.4 Å². The lowest BCUT2D eigenvalue weighted by atomic mass is 10.1. The molecule has 11 heteroatoms. The van der Waals surface area contributed by atoms with Crippen molar-refractivity contribution in [1.29, 1.82) is 0 Å². The van der Waals surface area contributed by atoms with Gasteiger partial charge in [0.25, 0.3) is 0 Å². The second-order valence-electron chi connectivity index (χ2n) is 7.77. The summed E-state index contributed by atoms with van der Waals surface area (Å²) in [6, 6.07) is 9.75. The summed E-state index contributed by atoms with van der Waals surface area (Å²) in [5.74, 6) is 2.26. The van der Waals surface area contributed by atoms with E-state index in [-0.39, 0.29) is 5.91 Å². The van der Waals surface area contributed by atoms with Crippen molar-refractivity contribution < 1.29 is 9.53 Å². The number of aryl methyl sites for hydroxylation is 1. The van der Waals surface area contributed by atoms with Crippen LogP contribution in [-0.2, 0) is 4.79 Å². The number of anilines is 4. The Hall–Kier alpha value is -3.31. The second kappa shape index (κ2) is 10.5. The highest BCUT2D eigenvalue weighted by Crippen LogP contribution is 2.37. The molecule has 1 aliphatic heterocycles. The predicted molar refractivity (Wildman–Crippen MR) is 130 cm³/mol. The third-order valence-electron chi connectivity index (χ3n) is 5.07. The fourth-order valence-electron chi connectivity index (χ4n) is 3.53. The molecule has 0 aliphatic carbocycles. The Balaban J connectivity index is 1.63. The summed E-state index contributed by atoms with van der Waals surface area (Å²) in [6.45, 7) is 5.35. The van der Waals surface area contributed by atoms with Crippen molar-refractivity contribution >= 4 is 40.8 Å². The van der Waals surface area contributed by atoms with Gasteiger partial charge in [0, 0.05) is 35.3 Å². The van der Waals surface area contributed by atoms with Gasteiger partial charge in [-0.05, 0) is 68.9 Å². The molecule has 5 N–H and O–H groups in total. The Labute approximate surface area is 196 Å². The number of nitrogens with zero attached hydrogens (tertiary/aromatic N) is 3. The lowest BCUT2D eigenvalue weighted by molar-refractivity contribution is -0.114. The minimum Gasteiger partial charge on any atom is -0.490 e. The first-order valence-corrected chi connectivity index (χ1v) is 11.6. The van der Waals surface area contributed by atoms with Gasteiger partial charge in [-0.2, -0.15) is 5.10 Å². The largest absolute Gasteiger partial charge is 0.490 e. The Bertz CT molecular complexity index is 1100. The number of H-pyrrole nitrogens is 1. The summed E-state index contributed by atoms with van der Waals surface area (Å²) < 4.78 is 5.70. The quantitative estimate of drug-likeness (QED) is 0.315. The number of rotatable bonds is 8. The van der Waals surface area contributed by atoms with E-state index in [4.69, 9.17) is 14.7 Å². The number of benzene rings is 1. The molecule has 33 heavy (non-hydrogen) atoms. The molecule has 10 nitrogen and oxygen atoms in total. The highest BCUT2D eigenvalue weighted by Gasteiger charge is 2.21. The molecule has 0 bridgehead atoms. The Morgan fingerprint density at radius 2 is 1.88 bits per heavy atom. The zero-order chi connectivity index (χ0) is 23.2. The van der Waals surface area contributed by atoms with E-state index in [1.807, 2.05) is 37.3 Å². The highest BCUT2D eigenvalue weighted by atomic mass is 32.2. The summed E-state index contributed by atoms with van der Waals surface area (Å²) in [4.78, 5) is 21.7. The SMILES string of the molecule is COc1c(Nc2cc(C)[nH]n2)nc(Sc2ccc(NC(C)=O)cc2)nc1NC1CCNCC1. The first-order chi connectivity index (χ1) is 16.0. The topological polar surface area (TPSA) is 129 Å². The predicted octanol–water partition coefficient (Wildman–Crippen LogP) is 3.53. The molecule has 0 spiro atoms. The standard InChI is InChI=1S/C22H28N8O2S/c1-13-12-18(30-29-13)26-21-19(32-3)20(25-16-8-10-23-11-9-16)27-22(28-21)33-17-6-4-15(5-7-17)24-14(2)31/h4-7,12,16,23H,8-11H2,1-3H3,(H,24,31)(H3,25,26,27,28,29,30). The average Bonchev–Trinajstić information content (AvgIpc) is 3.20. The minimum absolute atomic E-state index is 0.105. The van der Waals surface area contributed by atoms with E-state index in [1.54, 1.807) is 7.11 Å². The molecule has 1 aliphatic rings. The molecule has 2 aromatic heterocycles. The highest BCUT2D eigenvalue weighted by molar-refractivity contribution is 7.99. The zero-order valence-corrected chi connectivity index (χ0v) is 19.7. The Morgan fingerprint density at radius 1 is 1.15 bits per heavy atom. The van der Waals surface area contributed by atoms with Crippen LogP contribution in [0, 0.1) is 6.92 Å². The summed E-state index contributed by atoms with van der Waals surface area (Å²) >= 11 is 1.43. The third kappa shape index (κ3) is 6.14. The molecule has 0 saturated carbocycles. The first kappa shape index (κ1) is 22.9. The smallest absolute Gasteiger partial charge is 0.221 e. The molecule has 4 rings (SSSR count). The first-order valence-electron chi connectivity index (χ1n) is 10.8. The maximum absolute atomic E-state index is 11.3. The van der Waals surface area contributed by atoms with E-state index in [0.717, 1.165) is 42.2 Å². The van der Waals surface area contributed by atoms with Gasteiger partial charge in [0.2, 0.25) is 11.7 Å². The maximum atomic E-state index is 11.3. The van der Waals surface area contributed by atoms with Gasteiger partial charge in [-0.3, -0.25) is 9.89 Å². The van der Waals surface area contributed by atoms with E-state index in [0.29, 0.717) is 34.4 Å². The normalized spacial score (nSPS) is 14.0. The summed E-state index contributed by atoms with van der Waals surface area (Å²) in [7, 11) is 1.61. The number of hydrogen-bond donors (Lipinski definition) is 5. The molecule has 1 amide bonds. The maximum Gasteiger partial charge on any atom is 0.221 e. The van der Waals surface area contributed by atoms with Crippen LogP contribution < -0.4 is 26.0 Å². The van der Waals surface area contributed by atoms with Crippen LogP contribution in [0.2, 0.25) is 0 Å². The number of aromatic nitrogens is 4. The van der Waals surface area contributed by atoms with Crippen LogP contribution in [0.4, 0.5) is 23.1 Å². The van der Waals surface area contributed by atoms with Gasteiger partial charge >= 0.3 is 0 Å². The van der Waals surface area contributed by atoms with Crippen molar-refractivity contribution in [3.63, 3.8) is 0 Å². The summed E-state index contributed by atoms with van der Waals surface area (Å²) in [6.07, 6.45) is 2.00. The number of nitrogens with one attached hydrogen (secondary N) is 5. The molecule has 1 saturated heterocycles. The second-order valence-corrected chi connectivity index (χ2v) is 8.81. The molecule has 1 fully saturated rings. The molecule has 3 aromatic rings. The number of piperidine rings is 1. The van der Waals surface area contributed by atoms with Crippen LogP contribution in [0.1, 0.15) is 25.5 Å². The number of ether oxygens (including phenoxy) is 1. The number of carbonyl (C=O) groups is 1. The van der Waals surface area contributed by atoms with Gasteiger partial charge in [-0.25, -0.2) is 9.97 Å². The van der Waals surface area contributed by atoms with E-state index < -0.39 is 0 Å². The fourth-order valence-corrected chi connectivity index (χ4v) is 4.29. The van der Waals surface area contributed by atoms with Crippen LogP contribution in [-0.4, -0.2) is 52.3 Å². The summed E-state index contributed by atoms with van der Waals surface area (Å²) in [5.41, 5.74) is 1.68. The molecular formula is C22H28N8O2S. The van der Waals surface area contributed by atoms with Crippen LogP contribution in [0.25, 0.3) is 0 Å². The van der Waals surface area contributed by atoms with E-state index in [2.05, 4.69) is 31.5 Å². The minimum atomic E-state index is -0.105. The van der Waals surface area contributed by atoms with E-state index >= 15 is 0 Å². The van der Waals surface area contributed by atoms with Crippen LogP contribution in [0.3, 0.4) is 0 Å². The molecule has 3 heterocycles. The number of aromatic amines is 1. The Kier molecular flexibility index (Phi) is 7.30. The van der Waals surface area contributed by atoms with Crippen molar-refractivity contribution in [2.75, 3.05) is 36.1 Å². The molecular weight excluding hydrogens is 440 g/mol. The van der Waals surface area contributed by atoms with Gasteiger partial charge in [0.15, 0.2) is 22.6 Å². The lowest BCUT2D eigenvalue weighted by Crippen LogP contribution is -2.35. The Morgan fingerprint density at radius 3 is 2.52 bits per heavy atom. The average molecular weight is 469 g/mol. The van der Waals surface area contributed by atoms with Gasteiger partial charge in [-0.15, -0.1) is 0 Å². The number of amides is 1. The molecule has 0 radical (unpaired) electrons. The van der Waals surface area contributed by atoms with Gasteiger partial charge < -0.3 is 26.0 Å². The van der Waals surface area contributed by atoms with Crippen molar-refractivity contribution in [2.45, 2.75) is 42.8 Å².